The van der Waals surface area contributed by atoms with Gasteiger partial charge in [-0.3, -0.25) is 14.5 Å². The van der Waals surface area contributed by atoms with E-state index in [0.717, 1.165) is 5.56 Å². The molecule has 2 saturated heterocycles. The monoisotopic (exact) mass is 730 g/mol. The number of carboxylic acids is 1. The minimum atomic E-state index is -3.77. The Morgan fingerprint density at radius 2 is 1.78 bits per heavy atom. The van der Waals surface area contributed by atoms with Gasteiger partial charge in [-0.2, -0.15) is 0 Å². The maximum absolute atomic E-state index is 15.3. The third-order valence-electron chi connectivity index (χ3n) is 10.1. The number of ether oxygens (including phenoxy) is 1. The minimum absolute atomic E-state index is 0.00741. The lowest BCUT2D eigenvalue weighted by Crippen LogP contribution is -2.75. The summed E-state index contributed by atoms with van der Waals surface area (Å²) in [6, 6.07) is 14.0. The van der Waals surface area contributed by atoms with Crippen molar-refractivity contribution in [1.29, 1.82) is 0 Å². The Hall–Kier alpha value is -3.67. The maximum atomic E-state index is 15.3. The van der Waals surface area contributed by atoms with Gasteiger partial charge in [0.2, 0.25) is 11.8 Å². The highest BCUT2D eigenvalue weighted by molar-refractivity contribution is 7.92. The molecule has 9 nitrogen and oxygen atoms in total. The van der Waals surface area contributed by atoms with Gasteiger partial charge in [-0.25, -0.2) is 17.6 Å². The van der Waals surface area contributed by atoms with Crippen molar-refractivity contribution in [3.8, 4) is 5.75 Å². The third-order valence-corrected chi connectivity index (χ3v) is 13.3. The summed E-state index contributed by atoms with van der Waals surface area (Å²) in [6.07, 6.45) is 1.31. The van der Waals surface area contributed by atoms with Crippen molar-refractivity contribution in [3.63, 3.8) is 0 Å². The normalized spacial score (nSPS) is 23.4. The smallest absolute Gasteiger partial charge is 0.339 e. The van der Waals surface area contributed by atoms with Gasteiger partial charge in [-0.1, -0.05) is 41.4 Å². The first kappa shape index (κ1) is 35.2. The number of methoxy groups -OCH3 is 1. The predicted molar refractivity (Wildman–Crippen MR) is 185 cm³/mol. The molecule has 2 amide bonds. The molecular formula is C36H37Cl2FN2O7S. The molecule has 13 heteroatoms. The number of hydrogen-bond acceptors (Lipinski definition) is 6. The number of anilines is 1. The molecule has 1 saturated carbocycles. The molecule has 1 N–H and O–H groups in total. The maximum Gasteiger partial charge on any atom is 0.339 e. The van der Waals surface area contributed by atoms with Gasteiger partial charge in [-0.15, -0.1) is 0 Å². The summed E-state index contributed by atoms with van der Waals surface area (Å²) in [4.78, 5) is 43.8. The first-order chi connectivity index (χ1) is 23.0. The van der Waals surface area contributed by atoms with E-state index < -0.39 is 55.8 Å². The molecule has 4 atom stereocenters. The lowest BCUT2D eigenvalue weighted by Gasteiger charge is -2.60. The van der Waals surface area contributed by atoms with Crippen LogP contribution >= 0.6 is 23.2 Å². The zero-order valence-corrected chi connectivity index (χ0v) is 29.8. The summed E-state index contributed by atoms with van der Waals surface area (Å²) in [6.45, 7) is 4.85. The van der Waals surface area contributed by atoms with E-state index in [-0.39, 0.29) is 52.4 Å². The average Bonchev–Trinajstić information content (AvgIpc) is 3.87. The van der Waals surface area contributed by atoms with Gasteiger partial charge in [0.25, 0.3) is 0 Å². The highest BCUT2D eigenvalue weighted by Gasteiger charge is 2.65. The molecule has 3 aromatic carbocycles. The summed E-state index contributed by atoms with van der Waals surface area (Å²) < 4.78 is 47.2. The van der Waals surface area contributed by atoms with Crippen molar-refractivity contribution < 1.29 is 37.0 Å². The Morgan fingerprint density at radius 1 is 1.06 bits per heavy atom. The lowest BCUT2D eigenvalue weighted by atomic mass is 9.66. The lowest BCUT2D eigenvalue weighted by molar-refractivity contribution is -0.157. The number of β-lactam (4-membered cyclic amide) rings is 1. The molecule has 1 spiro atoms. The van der Waals surface area contributed by atoms with Gasteiger partial charge in [0.15, 0.2) is 9.84 Å². The molecule has 3 aromatic rings. The second-order valence-electron chi connectivity index (χ2n) is 14.1. The summed E-state index contributed by atoms with van der Waals surface area (Å²) in [5.74, 6) is -3.79. The quantitative estimate of drug-likeness (QED) is 0.234. The van der Waals surface area contributed by atoms with Crippen LogP contribution in [0.15, 0.2) is 60.7 Å². The first-order valence-electron chi connectivity index (χ1n) is 16.0. The van der Waals surface area contributed by atoms with Crippen LogP contribution in [0.5, 0.6) is 5.75 Å². The first-order valence-corrected chi connectivity index (χ1v) is 18.4. The van der Waals surface area contributed by atoms with Crippen molar-refractivity contribution in [2.75, 3.05) is 17.8 Å². The number of aromatic carboxylic acids is 1. The van der Waals surface area contributed by atoms with E-state index in [1.54, 1.807) is 49.9 Å². The van der Waals surface area contributed by atoms with Crippen LogP contribution in [-0.2, 0) is 19.4 Å². The van der Waals surface area contributed by atoms with Crippen molar-refractivity contribution in [3.05, 3.63) is 93.2 Å². The van der Waals surface area contributed by atoms with Crippen molar-refractivity contribution in [2.45, 2.75) is 74.7 Å². The number of hydrogen-bond donors (Lipinski definition) is 1. The Balaban J connectivity index is 1.59. The molecule has 6 rings (SSSR count). The standard InChI is InChI=1S/C36H37Cl2FN2O7S/c1-35(2,3)49(46,47)19-29(20-8-9-20)40-32(22-10-13-27(38)28(39)15-22)26(21-6-5-7-23(37)14-21)17-36(34(40)45)18-31(42)41(36)24-11-12-25(33(43)44)30(16-24)48-4/h5-7,10-16,20,26,29,32H,8-9,17-19H2,1-4H3,(H,43,44)/t26-,29?,32-,36+/m1/s1. The van der Waals surface area contributed by atoms with Crippen molar-refractivity contribution in [2.24, 2.45) is 5.92 Å². The molecule has 0 radical (unpaired) electrons. The summed E-state index contributed by atoms with van der Waals surface area (Å²) >= 11 is 12.6. The average molecular weight is 732 g/mol. The van der Waals surface area contributed by atoms with Gasteiger partial charge in [0.1, 0.15) is 22.7 Å². The molecule has 1 aliphatic carbocycles. The number of carbonyl (C=O) groups excluding carboxylic acids is 2. The Kier molecular flexibility index (Phi) is 9.03. The summed E-state index contributed by atoms with van der Waals surface area (Å²) in [5, 5.41) is 10.0. The zero-order valence-electron chi connectivity index (χ0n) is 27.5. The molecule has 3 aliphatic rings. The fourth-order valence-electron chi connectivity index (χ4n) is 7.28. The number of halogens is 3. The van der Waals surface area contributed by atoms with Crippen molar-refractivity contribution in [1.82, 2.24) is 4.90 Å². The van der Waals surface area contributed by atoms with E-state index in [0.29, 0.717) is 23.4 Å². The van der Waals surface area contributed by atoms with Crippen LogP contribution in [0.25, 0.3) is 0 Å². The Labute approximate surface area is 294 Å². The van der Waals surface area contributed by atoms with Crippen LogP contribution in [0.1, 0.15) is 79.9 Å². The van der Waals surface area contributed by atoms with E-state index in [1.807, 2.05) is 6.07 Å². The Morgan fingerprint density at radius 3 is 2.35 bits per heavy atom. The number of sulfone groups is 1. The number of carboxylic acid groups (broad SMARTS) is 1. The van der Waals surface area contributed by atoms with Crippen LogP contribution in [0, 0.1) is 11.7 Å². The number of rotatable bonds is 9. The predicted octanol–water partition coefficient (Wildman–Crippen LogP) is 7.06. The minimum Gasteiger partial charge on any atom is -0.496 e. The summed E-state index contributed by atoms with van der Waals surface area (Å²) in [7, 11) is -2.46. The molecule has 2 aliphatic heterocycles. The van der Waals surface area contributed by atoms with Gasteiger partial charge in [-0.05, 0) is 93.5 Å². The molecule has 0 aromatic heterocycles. The fraction of sp³-hybridized carbons (Fsp3) is 0.417. The van der Waals surface area contributed by atoms with Crippen molar-refractivity contribution >= 4 is 56.5 Å². The number of benzene rings is 3. The molecule has 3 fully saturated rings. The van der Waals surface area contributed by atoms with Gasteiger partial charge in [0, 0.05) is 28.7 Å². The second kappa shape index (κ2) is 12.6. The molecule has 2 heterocycles. The van der Waals surface area contributed by atoms with Crippen LogP contribution in [-0.4, -0.2) is 65.4 Å². The number of piperidine rings is 1. The van der Waals surface area contributed by atoms with E-state index in [2.05, 4.69) is 0 Å². The number of amides is 2. The second-order valence-corrected chi connectivity index (χ2v) is 17.8. The van der Waals surface area contributed by atoms with E-state index in [9.17, 15) is 23.1 Å². The topological polar surface area (TPSA) is 121 Å². The number of carbonyl (C=O) groups is 3. The highest BCUT2D eigenvalue weighted by atomic mass is 35.5. The van der Waals surface area contributed by atoms with Crippen LogP contribution in [0.2, 0.25) is 10.0 Å². The van der Waals surface area contributed by atoms with Crippen LogP contribution in [0.4, 0.5) is 10.1 Å². The Bertz CT molecular complexity index is 1960. The molecule has 0 bridgehead atoms. The van der Waals surface area contributed by atoms with E-state index >= 15 is 9.18 Å². The third kappa shape index (κ3) is 6.18. The van der Waals surface area contributed by atoms with Gasteiger partial charge < -0.3 is 14.7 Å². The number of likely N-dealkylation sites (tertiary alicyclic amines) is 1. The molecule has 1 unspecified atom stereocenters. The van der Waals surface area contributed by atoms with Crippen LogP contribution < -0.4 is 9.64 Å². The molecular weight excluding hydrogens is 694 g/mol. The highest BCUT2D eigenvalue weighted by Crippen LogP contribution is 2.56. The number of nitrogens with zero attached hydrogens (tertiary/aromatic N) is 2. The van der Waals surface area contributed by atoms with Gasteiger partial charge in [0.05, 0.1) is 35.1 Å². The molecule has 260 valence electrons. The molecule has 49 heavy (non-hydrogen) atoms. The van der Waals surface area contributed by atoms with Crippen LogP contribution in [0.3, 0.4) is 0 Å². The zero-order chi connectivity index (χ0) is 35.6. The van der Waals surface area contributed by atoms with E-state index in [4.69, 9.17) is 27.9 Å². The largest absolute Gasteiger partial charge is 0.496 e. The van der Waals surface area contributed by atoms with E-state index in [1.165, 1.54) is 42.3 Å². The fourth-order valence-corrected chi connectivity index (χ4v) is 8.98. The summed E-state index contributed by atoms with van der Waals surface area (Å²) in [5.41, 5.74) is -0.181. The SMILES string of the molecule is COc1cc(N2C(=O)C[C@]23C[C@H](c2cccc(Cl)c2)[C@@H](c2ccc(Cl)c(F)c2)N(C(CS(=O)(=O)C(C)(C)C)C2CC2)C3=O)ccc1C(=O)O. The van der Waals surface area contributed by atoms with Gasteiger partial charge >= 0.3 is 5.97 Å².